The Morgan fingerprint density at radius 2 is 2.20 bits per heavy atom. The van der Waals surface area contributed by atoms with E-state index in [1.165, 1.54) is 18.4 Å². The highest BCUT2D eigenvalue weighted by molar-refractivity contribution is 5.87. The number of rotatable bonds is 5. The summed E-state index contributed by atoms with van der Waals surface area (Å²) in [5.74, 6) is -0.855. The van der Waals surface area contributed by atoms with Gasteiger partial charge in [0.2, 0.25) is 0 Å². The highest BCUT2D eigenvalue weighted by Gasteiger charge is 2.25. The number of carboxylic acids is 1. The lowest BCUT2D eigenvalue weighted by Gasteiger charge is -2.27. The van der Waals surface area contributed by atoms with E-state index in [-0.39, 0.29) is 0 Å². The lowest BCUT2D eigenvalue weighted by molar-refractivity contribution is 0.0696. The molecule has 2 rings (SSSR count). The maximum absolute atomic E-state index is 11.0. The van der Waals surface area contributed by atoms with Gasteiger partial charge in [0.15, 0.2) is 0 Å². The van der Waals surface area contributed by atoms with Crippen LogP contribution in [0.2, 0.25) is 0 Å². The SMILES string of the molecule is Cc1cc(C(=O)O)ccc1CN1CCCC1CN(C)C. The van der Waals surface area contributed by atoms with Gasteiger partial charge in [0.1, 0.15) is 0 Å². The summed E-state index contributed by atoms with van der Waals surface area (Å²) < 4.78 is 0. The lowest BCUT2D eigenvalue weighted by atomic mass is 10.0. The highest BCUT2D eigenvalue weighted by atomic mass is 16.4. The predicted octanol–water partition coefficient (Wildman–Crippen LogP) is 2.22. The summed E-state index contributed by atoms with van der Waals surface area (Å²) in [6.45, 7) is 5.15. The average Bonchev–Trinajstić information content (AvgIpc) is 2.78. The topological polar surface area (TPSA) is 43.8 Å². The van der Waals surface area contributed by atoms with E-state index in [1.54, 1.807) is 12.1 Å². The second kappa shape index (κ2) is 6.37. The molecule has 1 saturated heterocycles. The van der Waals surface area contributed by atoms with E-state index in [0.717, 1.165) is 25.2 Å². The fraction of sp³-hybridized carbons (Fsp3) is 0.562. The van der Waals surface area contributed by atoms with Crippen molar-refractivity contribution >= 4 is 5.97 Å². The molecule has 0 saturated carbocycles. The Kier molecular flexibility index (Phi) is 4.78. The number of hydrogen-bond acceptors (Lipinski definition) is 3. The standard InChI is InChI=1S/C16H24N2O2/c1-12-9-13(16(19)20)6-7-14(12)10-18-8-4-5-15(18)11-17(2)3/h6-7,9,15H,4-5,8,10-11H2,1-3H3,(H,19,20). The zero-order valence-electron chi connectivity index (χ0n) is 12.6. The molecule has 1 fully saturated rings. The molecule has 1 aliphatic heterocycles. The molecule has 0 amide bonds. The van der Waals surface area contributed by atoms with Gasteiger partial charge in [-0.2, -0.15) is 0 Å². The predicted molar refractivity (Wildman–Crippen MR) is 80.1 cm³/mol. The molecule has 1 N–H and O–H groups in total. The Hall–Kier alpha value is -1.39. The van der Waals surface area contributed by atoms with Gasteiger partial charge in [0.25, 0.3) is 0 Å². The van der Waals surface area contributed by atoms with E-state index in [2.05, 4.69) is 23.9 Å². The normalized spacial score (nSPS) is 19.7. The molecular formula is C16H24N2O2. The number of nitrogens with zero attached hydrogens (tertiary/aromatic N) is 2. The number of aromatic carboxylic acids is 1. The van der Waals surface area contributed by atoms with Crippen molar-refractivity contribution < 1.29 is 9.90 Å². The molecular weight excluding hydrogens is 252 g/mol. The number of carbonyl (C=O) groups is 1. The number of benzene rings is 1. The van der Waals surface area contributed by atoms with Crippen molar-refractivity contribution in [2.45, 2.75) is 32.4 Å². The van der Waals surface area contributed by atoms with Crippen LogP contribution in [0.4, 0.5) is 0 Å². The maximum atomic E-state index is 11.0. The molecule has 0 bridgehead atoms. The smallest absolute Gasteiger partial charge is 0.335 e. The third-order valence-electron chi connectivity index (χ3n) is 4.04. The third-order valence-corrected chi connectivity index (χ3v) is 4.04. The molecule has 4 heteroatoms. The third kappa shape index (κ3) is 3.58. The first kappa shape index (κ1) is 15.0. The summed E-state index contributed by atoms with van der Waals surface area (Å²) in [6.07, 6.45) is 2.51. The fourth-order valence-corrected chi connectivity index (χ4v) is 2.96. The Balaban J connectivity index is 2.07. The van der Waals surface area contributed by atoms with E-state index < -0.39 is 5.97 Å². The van der Waals surface area contributed by atoms with Crippen LogP contribution in [0, 0.1) is 6.92 Å². The number of likely N-dealkylation sites (N-methyl/N-ethyl adjacent to an activating group) is 1. The van der Waals surface area contributed by atoms with Crippen LogP contribution < -0.4 is 0 Å². The van der Waals surface area contributed by atoms with E-state index in [9.17, 15) is 4.79 Å². The molecule has 0 radical (unpaired) electrons. The summed E-state index contributed by atoms with van der Waals surface area (Å²) >= 11 is 0. The molecule has 1 aromatic carbocycles. The Morgan fingerprint density at radius 1 is 1.45 bits per heavy atom. The number of hydrogen-bond donors (Lipinski definition) is 1. The van der Waals surface area contributed by atoms with Gasteiger partial charge in [-0.25, -0.2) is 4.79 Å². The summed E-state index contributed by atoms with van der Waals surface area (Å²) in [4.78, 5) is 15.7. The van der Waals surface area contributed by atoms with Gasteiger partial charge in [-0.3, -0.25) is 4.90 Å². The number of aryl methyl sites for hydroxylation is 1. The molecule has 0 spiro atoms. The van der Waals surface area contributed by atoms with Gasteiger partial charge >= 0.3 is 5.97 Å². The zero-order chi connectivity index (χ0) is 14.7. The van der Waals surface area contributed by atoms with Crippen molar-refractivity contribution in [1.29, 1.82) is 0 Å². The quantitative estimate of drug-likeness (QED) is 0.895. The van der Waals surface area contributed by atoms with Crippen molar-refractivity contribution in [2.75, 3.05) is 27.2 Å². The van der Waals surface area contributed by atoms with Crippen LogP contribution in [0.5, 0.6) is 0 Å². The first-order valence-electron chi connectivity index (χ1n) is 7.19. The highest BCUT2D eigenvalue weighted by Crippen LogP contribution is 2.22. The van der Waals surface area contributed by atoms with Crippen LogP contribution in [-0.2, 0) is 6.54 Å². The van der Waals surface area contributed by atoms with Gasteiger partial charge in [-0.15, -0.1) is 0 Å². The molecule has 1 aromatic rings. The molecule has 0 aromatic heterocycles. The van der Waals surface area contributed by atoms with Gasteiger partial charge in [-0.1, -0.05) is 6.07 Å². The number of carboxylic acid groups (broad SMARTS) is 1. The van der Waals surface area contributed by atoms with Crippen LogP contribution in [0.1, 0.15) is 34.3 Å². The van der Waals surface area contributed by atoms with Crippen molar-refractivity contribution in [2.24, 2.45) is 0 Å². The van der Waals surface area contributed by atoms with Crippen LogP contribution in [0.15, 0.2) is 18.2 Å². The fourth-order valence-electron chi connectivity index (χ4n) is 2.96. The molecule has 1 atom stereocenters. The summed E-state index contributed by atoms with van der Waals surface area (Å²) in [7, 11) is 4.23. The average molecular weight is 276 g/mol. The van der Waals surface area contributed by atoms with Crippen LogP contribution in [0.25, 0.3) is 0 Å². The van der Waals surface area contributed by atoms with Gasteiger partial charge in [0.05, 0.1) is 5.56 Å². The summed E-state index contributed by atoms with van der Waals surface area (Å²) in [6, 6.07) is 6.06. The zero-order valence-corrected chi connectivity index (χ0v) is 12.6. The van der Waals surface area contributed by atoms with Gasteiger partial charge in [-0.05, 0) is 63.7 Å². The molecule has 4 nitrogen and oxygen atoms in total. The minimum atomic E-state index is -0.855. The van der Waals surface area contributed by atoms with E-state index >= 15 is 0 Å². The van der Waals surface area contributed by atoms with E-state index in [0.29, 0.717) is 11.6 Å². The summed E-state index contributed by atoms with van der Waals surface area (Å²) in [5, 5.41) is 9.01. The molecule has 1 unspecified atom stereocenters. The first-order chi connectivity index (χ1) is 9.47. The van der Waals surface area contributed by atoms with Crippen molar-refractivity contribution in [3.63, 3.8) is 0 Å². The van der Waals surface area contributed by atoms with Gasteiger partial charge in [0, 0.05) is 19.1 Å². The molecule has 110 valence electrons. The minimum Gasteiger partial charge on any atom is -0.478 e. The van der Waals surface area contributed by atoms with Crippen LogP contribution in [-0.4, -0.2) is 54.1 Å². The second-order valence-electron chi connectivity index (χ2n) is 5.98. The lowest BCUT2D eigenvalue weighted by Crippen LogP contribution is -2.37. The molecule has 1 aliphatic rings. The van der Waals surface area contributed by atoms with Crippen molar-refractivity contribution in [3.05, 3.63) is 34.9 Å². The van der Waals surface area contributed by atoms with E-state index in [1.807, 2.05) is 13.0 Å². The Bertz CT molecular complexity index is 485. The Morgan fingerprint density at radius 3 is 2.80 bits per heavy atom. The van der Waals surface area contributed by atoms with Crippen molar-refractivity contribution in [3.8, 4) is 0 Å². The Labute approximate surface area is 121 Å². The van der Waals surface area contributed by atoms with Crippen LogP contribution >= 0.6 is 0 Å². The molecule has 1 heterocycles. The molecule has 0 aliphatic carbocycles. The number of likely N-dealkylation sites (tertiary alicyclic amines) is 1. The van der Waals surface area contributed by atoms with Crippen LogP contribution in [0.3, 0.4) is 0 Å². The summed E-state index contributed by atoms with van der Waals surface area (Å²) in [5.41, 5.74) is 2.68. The largest absolute Gasteiger partial charge is 0.478 e. The van der Waals surface area contributed by atoms with E-state index in [4.69, 9.17) is 5.11 Å². The monoisotopic (exact) mass is 276 g/mol. The molecule has 20 heavy (non-hydrogen) atoms. The second-order valence-corrected chi connectivity index (χ2v) is 5.98. The maximum Gasteiger partial charge on any atom is 0.335 e. The first-order valence-corrected chi connectivity index (χ1v) is 7.19. The van der Waals surface area contributed by atoms with Crippen molar-refractivity contribution in [1.82, 2.24) is 9.80 Å². The minimum absolute atomic E-state index is 0.373. The van der Waals surface area contributed by atoms with Gasteiger partial charge < -0.3 is 10.0 Å².